The molecule has 4 rings (SSSR count). The van der Waals surface area contributed by atoms with E-state index in [0.29, 0.717) is 24.1 Å². The predicted octanol–water partition coefficient (Wildman–Crippen LogP) is 3.65. The van der Waals surface area contributed by atoms with Gasteiger partial charge < -0.3 is 24.8 Å². The molecule has 2 heterocycles. The van der Waals surface area contributed by atoms with Gasteiger partial charge in [0.05, 0.1) is 0 Å². The van der Waals surface area contributed by atoms with Crippen LogP contribution in [-0.4, -0.2) is 31.3 Å². The number of hydrogen-bond donors (Lipinski definition) is 2. The minimum atomic E-state index is -0.306. The van der Waals surface area contributed by atoms with Crippen molar-refractivity contribution in [1.82, 2.24) is 15.6 Å². The average molecular weight is 422 g/mol. The number of nitrogens with zero attached hydrogens (tertiary/aromatic N) is 2. The molecule has 0 radical (unpaired) electrons. The standard InChI is InChI=1S/C23H23FN4O3/c1-25-23(26-11-10-16-2-8-20-21(12-16)30-15-29-20)28-14-17-3-9-22(27-13-17)31-19-6-4-18(24)5-7-19/h2-9,12-13H,10-11,14-15H2,1H3,(H2,25,26,28). The highest BCUT2D eigenvalue weighted by Crippen LogP contribution is 2.32. The van der Waals surface area contributed by atoms with Crippen molar-refractivity contribution in [3.63, 3.8) is 0 Å². The molecule has 0 unspecified atom stereocenters. The van der Waals surface area contributed by atoms with Crippen molar-refractivity contribution < 1.29 is 18.6 Å². The fraction of sp³-hybridized carbons (Fsp3) is 0.217. The van der Waals surface area contributed by atoms with Crippen molar-refractivity contribution in [2.45, 2.75) is 13.0 Å². The van der Waals surface area contributed by atoms with E-state index in [1.54, 1.807) is 31.4 Å². The quantitative estimate of drug-likeness (QED) is 0.447. The van der Waals surface area contributed by atoms with Gasteiger partial charge in [0.2, 0.25) is 12.7 Å². The number of pyridine rings is 1. The van der Waals surface area contributed by atoms with Gasteiger partial charge in [0.15, 0.2) is 17.5 Å². The van der Waals surface area contributed by atoms with Crippen molar-refractivity contribution >= 4 is 5.96 Å². The topological polar surface area (TPSA) is 77.0 Å². The lowest BCUT2D eigenvalue weighted by molar-refractivity contribution is 0.174. The molecule has 31 heavy (non-hydrogen) atoms. The first-order valence-electron chi connectivity index (χ1n) is 9.91. The Morgan fingerprint density at radius 3 is 2.61 bits per heavy atom. The number of hydrogen-bond acceptors (Lipinski definition) is 5. The summed E-state index contributed by atoms with van der Waals surface area (Å²) in [7, 11) is 1.73. The Kier molecular flexibility index (Phi) is 6.47. The maximum atomic E-state index is 13.0. The van der Waals surface area contributed by atoms with Crippen LogP contribution in [0.4, 0.5) is 4.39 Å². The molecule has 0 atom stereocenters. The van der Waals surface area contributed by atoms with Crippen LogP contribution in [0.15, 0.2) is 65.8 Å². The number of halogens is 1. The molecule has 0 spiro atoms. The molecule has 160 valence electrons. The van der Waals surface area contributed by atoms with E-state index in [1.807, 2.05) is 24.3 Å². The molecule has 1 aromatic heterocycles. The second kappa shape index (κ2) is 9.80. The molecular formula is C23H23FN4O3. The Balaban J connectivity index is 1.22. The SMILES string of the molecule is CN=C(NCCc1ccc2c(c1)OCO2)NCc1ccc(Oc2ccc(F)cc2)nc1. The molecule has 1 aliphatic heterocycles. The summed E-state index contributed by atoms with van der Waals surface area (Å²) in [5, 5.41) is 6.56. The van der Waals surface area contributed by atoms with Crippen LogP contribution < -0.4 is 24.8 Å². The van der Waals surface area contributed by atoms with Crippen LogP contribution >= 0.6 is 0 Å². The smallest absolute Gasteiger partial charge is 0.231 e. The van der Waals surface area contributed by atoms with E-state index in [9.17, 15) is 4.39 Å². The molecule has 0 saturated heterocycles. The van der Waals surface area contributed by atoms with Gasteiger partial charge in [-0.3, -0.25) is 4.99 Å². The van der Waals surface area contributed by atoms with Crippen LogP contribution in [0, 0.1) is 5.82 Å². The maximum absolute atomic E-state index is 13.0. The number of ether oxygens (including phenoxy) is 3. The van der Waals surface area contributed by atoms with Crippen molar-refractivity contribution in [3.8, 4) is 23.1 Å². The van der Waals surface area contributed by atoms with E-state index in [4.69, 9.17) is 14.2 Å². The molecule has 0 bridgehead atoms. The van der Waals surface area contributed by atoms with Crippen molar-refractivity contribution in [2.24, 2.45) is 4.99 Å². The minimum Gasteiger partial charge on any atom is -0.454 e. The average Bonchev–Trinajstić information content (AvgIpc) is 3.26. The molecule has 7 nitrogen and oxygen atoms in total. The van der Waals surface area contributed by atoms with Crippen molar-refractivity contribution in [3.05, 3.63) is 77.7 Å². The Hall–Kier alpha value is -3.81. The van der Waals surface area contributed by atoms with Crippen molar-refractivity contribution in [2.75, 3.05) is 20.4 Å². The molecule has 2 aromatic carbocycles. The van der Waals surface area contributed by atoms with Gasteiger partial charge in [0.25, 0.3) is 0 Å². The summed E-state index contributed by atoms with van der Waals surface area (Å²) < 4.78 is 29.3. The van der Waals surface area contributed by atoms with Crippen molar-refractivity contribution in [1.29, 1.82) is 0 Å². The number of aromatic nitrogens is 1. The summed E-state index contributed by atoms with van der Waals surface area (Å²) in [6, 6.07) is 15.5. The van der Waals surface area contributed by atoms with Crippen LogP contribution in [-0.2, 0) is 13.0 Å². The van der Waals surface area contributed by atoms with Crippen LogP contribution in [0.25, 0.3) is 0 Å². The van der Waals surface area contributed by atoms with E-state index in [0.717, 1.165) is 35.6 Å². The molecule has 1 aliphatic rings. The number of aliphatic imine (C=N–C) groups is 1. The van der Waals surface area contributed by atoms with E-state index in [1.165, 1.54) is 12.1 Å². The first-order chi connectivity index (χ1) is 15.2. The van der Waals surface area contributed by atoms with E-state index in [2.05, 4.69) is 20.6 Å². The number of fused-ring (bicyclic) bond motifs is 1. The summed E-state index contributed by atoms with van der Waals surface area (Å²) in [5.41, 5.74) is 2.14. The summed E-state index contributed by atoms with van der Waals surface area (Å²) in [6.07, 6.45) is 2.56. The van der Waals surface area contributed by atoms with E-state index >= 15 is 0 Å². The minimum absolute atomic E-state index is 0.280. The van der Waals surface area contributed by atoms with Gasteiger partial charge >= 0.3 is 0 Å². The molecular weight excluding hydrogens is 399 g/mol. The fourth-order valence-electron chi connectivity index (χ4n) is 3.03. The molecule has 0 amide bonds. The molecule has 0 saturated carbocycles. The van der Waals surface area contributed by atoms with E-state index < -0.39 is 0 Å². The second-order valence-electron chi connectivity index (χ2n) is 6.85. The van der Waals surface area contributed by atoms with Crippen LogP contribution in [0.2, 0.25) is 0 Å². The highest BCUT2D eigenvalue weighted by molar-refractivity contribution is 5.79. The molecule has 3 aromatic rings. The summed E-state index contributed by atoms with van der Waals surface area (Å²) in [6.45, 7) is 1.57. The Labute approximate surface area is 179 Å². The predicted molar refractivity (Wildman–Crippen MR) is 115 cm³/mol. The highest BCUT2D eigenvalue weighted by Gasteiger charge is 2.13. The second-order valence-corrected chi connectivity index (χ2v) is 6.85. The van der Waals surface area contributed by atoms with E-state index in [-0.39, 0.29) is 12.6 Å². The zero-order chi connectivity index (χ0) is 21.5. The number of guanidine groups is 1. The van der Waals surface area contributed by atoms with Gasteiger partial charge in [-0.25, -0.2) is 9.37 Å². The zero-order valence-corrected chi connectivity index (χ0v) is 17.1. The van der Waals surface area contributed by atoms with Gasteiger partial charge in [0, 0.05) is 32.4 Å². The normalized spacial score (nSPS) is 12.5. The number of nitrogens with one attached hydrogen (secondary N) is 2. The third-order valence-electron chi connectivity index (χ3n) is 4.66. The Bertz CT molecular complexity index is 1040. The number of benzene rings is 2. The van der Waals surface area contributed by atoms with Gasteiger partial charge in [-0.05, 0) is 53.9 Å². The lowest BCUT2D eigenvalue weighted by Crippen LogP contribution is -2.37. The first-order valence-corrected chi connectivity index (χ1v) is 9.91. The summed E-state index contributed by atoms with van der Waals surface area (Å²) in [5.74, 6) is 2.96. The molecule has 0 aliphatic carbocycles. The van der Waals surface area contributed by atoms with Crippen LogP contribution in [0.3, 0.4) is 0 Å². The third kappa shape index (κ3) is 5.63. The number of rotatable bonds is 7. The molecule has 0 fully saturated rings. The third-order valence-corrected chi connectivity index (χ3v) is 4.66. The maximum Gasteiger partial charge on any atom is 0.231 e. The largest absolute Gasteiger partial charge is 0.454 e. The van der Waals surface area contributed by atoms with Crippen LogP contribution in [0.1, 0.15) is 11.1 Å². The summed E-state index contributed by atoms with van der Waals surface area (Å²) >= 11 is 0. The lowest BCUT2D eigenvalue weighted by atomic mass is 10.1. The Morgan fingerprint density at radius 2 is 1.84 bits per heavy atom. The summed E-state index contributed by atoms with van der Waals surface area (Å²) in [4.78, 5) is 8.54. The zero-order valence-electron chi connectivity index (χ0n) is 17.1. The van der Waals surface area contributed by atoms with Gasteiger partial charge in [-0.15, -0.1) is 0 Å². The van der Waals surface area contributed by atoms with Gasteiger partial charge in [0.1, 0.15) is 11.6 Å². The monoisotopic (exact) mass is 422 g/mol. The lowest BCUT2D eigenvalue weighted by Gasteiger charge is -2.12. The highest BCUT2D eigenvalue weighted by atomic mass is 19.1. The molecule has 2 N–H and O–H groups in total. The Morgan fingerprint density at radius 1 is 1.03 bits per heavy atom. The van der Waals surface area contributed by atoms with Crippen LogP contribution in [0.5, 0.6) is 23.1 Å². The first kappa shape index (κ1) is 20.5. The van der Waals surface area contributed by atoms with Gasteiger partial charge in [-0.2, -0.15) is 0 Å². The fourth-order valence-corrected chi connectivity index (χ4v) is 3.03. The van der Waals surface area contributed by atoms with Gasteiger partial charge in [-0.1, -0.05) is 12.1 Å². The molecule has 8 heteroatoms.